The minimum absolute atomic E-state index is 0.0672. The molecule has 180 valence electrons. The van der Waals surface area contributed by atoms with Gasteiger partial charge in [0.2, 0.25) is 0 Å². The third-order valence-corrected chi connectivity index (χ3v) is 7.17. The number of carbonyl (C=O) groups is 3. The van der Waals surface area contributed by atoms with Crippen LogP contribution in [-0.2, 0) is 9.59 Å². The van der Waals surface area contributed by atoms with Gasteiger partial charge in [0.15, 0.2) is 0 Å². The molecule has 2 atom stereocenters. The molecule has 0 fully saturated rings. The van der Waals surface area contributed by atoms with Gasteiger partial charge in [0.05, 0.1) is 23.7 Å². The molecule has 4 rings (SSSR count). The van der Waals surface area contributed by atoms with Crippen LogP contribution in [0.2, 0.25) is 10.0 Å². The van der Waals surface area contributed by atoms with E-state index in [1.54, 1.807) is 59.5 Å². The van der Waals surface area contributed by atoms with E-state index in [2.05, 4.69) is 22.6 Å². The number of nitrogens with zero attached hydrogens (tertiary/aromatic N) is 2. The minimum Gasteiger partial charge on any atom is -0.481 e. The van der Waals surface area contributed by atoms with Crippen LogP contribution in [0.3, 0.4) is 0 Å². The summed E-state index contributed by atoms with van der Waals surface area (Å²) in [6.07, 6.45) is -0.258. The number of amides is 2. The van der Waals surface area contributed by atoms with Crippen molar-refractivity contribution in [3.05, 3.63) is 97.0 Å². The highest BCUT2D eigenvalue weighted by atomic mass is 127. The third-order valence-electron chi connectivity index (χ3n) is 6.00. The normalized spacial score (nSPS) is 16.6. The number of rotatable bonds is 6. The molecule has 1 aliphatic rings. The van der Waals surface area contributed by atoms with Crippen molar-refractivity contribution in [1.82, 2.24) is 4.90 Å². The summed E-state index contributed by atoms with van der Waals surface area (Å²) >= 11 is 14.3. The highest BCUT2D eigenvalue weighted by Gasteiger charge is 2.43. The van der Waals surface area contributed by atoms with Crippen molar-refractivity contribution in [3.63, 3.8) is 0 Å². The van der Waals surface area contributed by atoms with Gasteiger partial charge in [-0.15, -0.1) is 0 Å². The molecule has 0 aliphatic carbocycles. The van der Waals surface area contributed by atoms with Gasteiger partial charge < -0.3 is 14.9 Å². The number of carboxylic acid groups (broad SMARTS) is 1. The lowest BCUT2D eigenvalue weighted by molar-refractivity contribution is -0.136. The van der Waals surface area contributed by atoms with Crippen LogP contribution in [0, 0.1) is 3.57 Å². The fourth-order valence-corrected chi connectivity index (χ4v) is 4.99. The van der Waals surface area contributed by atoms with Crippen molar-refractivity contribution >= 4 is 69.3 Å². The monoisotopic (exact) mass is 622 g/mol. The van der Waals surface area contributed by atoms with Crippen molar-refractivity contribution in [2.45, 2.75) is 25.4 Å². The molecule has 1 aliphatic heterocycles. The molecule has 0 aromatic heterocycles. The van der Waals surface area contributed by atoms with Crippen LogP contribution in [0.5, 0.6) is 0 Å². The Morgan fingerprint density at radius 2 is 1.60 bits per heavy atom. The summed E-state index contributed by atoms with van der Waals surface area (Å²) in [5.74, 6) is -1.75. The van der Waals surface area contributed by atoms with Crippen LogP contribution in [0.4, 0.5) is 5.69 Å². The Kier molecular flexibility index (Phi) is 7.68. The molecule has 3 aromatic carbocycles. The van der Waals surface area contributed by atoms with E-state index in [1.165, 1.54) is 4.90 Å². The van der Waals surface area contributed by atoms with Gasteiger partial charge in [-0.2, -0.15) is 0 Å². The summed E-state index contributed by atoms with van der Waals surface area (Å²) in [6.45, 7) is 1.79. The molecule has 0 unspecified atom stereocenters. The first kappa shape index (κ1) is 25.5. The molecular formula is C26H21Cl2IN2O4. The molecule has 9 heteroatoms. The van der Waals surface area contributed by atoms with Crippen LogP contribution in [-0.4, -0.2) is 34.3 Å². The van der Waals surface area contributed by atoms with Crippen LogP contribution in [0.25, 0.3) is 0 Å². The second kappa shape index (κ2) is 10.6. The van der Waals surface area contributed by atoms with E-state index in [1.807, 2.05) is 19.1 Å². The van der Waals surface area contributed by atoms with Crippen LogP contribution in [0.1, 0.15) is 46.9 Å². The number of benzene rings is 3. The molecule has 1 heterocycles. The summed E-state index contributed by atoms with van der Waals surface area (Å²) in [6, 6.07) is 17.6. The molecular weight excluding hydrogens is 602 g/mol. The number of carboxylic acids is 1. The fourth-order valence-electron chi connectivity index (χ4n) is 4.24. The molecule has 1 N–H and O–H groups in total. The largest absolute Gasteiger partial charge is 0.481 e. The molecule has 0 saturated carbocycles. The first-order valence-corrected chi connectivity index (χ1v) is 12.7. The van der Waals surface area contributed by atoms with Crippen LogP contribution in [0.15, 0.2) is 66.7 Å². The SMILES string of the molecule is C[C@H](c1ccc(Cl)cc1)N1C(=O)c2cc(I)ccc2N(CCC(=O)O)C(=O)[C@@H]1c1ccc(Cl)cc1. The van der Waals surface area contributed by atoms with Gasteiger partial charge in [0.1, 0.15) is 6.04 Å². The van der Waals surface area contributed by atoms with Crippen LogP contribution < -0.4 is 4.90 Å². The maximum absolute atomic E-state index is 14.1. The lowest BCUT2D eigenvalue weighted by Gasteiger charge is -2.36. The number of carbonyl (C=O) groups excluding carboxylic acids is 2. The van der Waals surface area contributed by atoms with E-state index < -0.39 is 18.1 Å². The average Bonchev–Trinajstić information content (AvgIpc) is 2.91. The third kappa shape index (κ3) is 5.32. The molecule has 35 heavy (non-hydrogen) atoms. The van der Waals surface area contributed by atoms with Crippen molar-refractivity contribution < 1.29 is 19.5 Å². The predicted octanol–water partition coefficient (Wildman–Crippen LogP) is 6.36. The van der Waals surface area contributed by atoms with Gasteiger partial charge in [-0.1, -0.05) is 47.5 Å². The van der Waals surface area contributed by atoms with Gasteiger partial charge >= 0.3 is 5.97 Å². The zero-order chi connectivity index (χ0) is 25.3. The molecule has 3 aromatic rings. The number of anilines is 1. The van der Waals surface area contributed by atoms with E-state index in [4.69, 9.17) is 23.2 Å². The van der Waals surface area contributed by atoms with Crippen LogP contribution >= 0.6 is 45.8 Å². The summed E-state index contributed by atoms with van der Waals surface area (Å²) in [4.78, 5) is 42.6. The summed E-state index contributed by atoms with van der Waals surface area (Å²) in [5, 5.41) is 10.4. The first-order chi connectivity index (χ1) is 16.7. The molecule has 6 nitrogen and oxygen atoms in total. The predicted molar refractivity (Wildman–Crippen MR) is 144 cm³/mol. The second-order valence-electron chi connectivity index (χ2n) is 8.19. The Bertz CT molecular complexity index is 1280. The molecule has 0 saturated heterocycles. The Morgan fingerprint density at radius 1 is 1.00 bits per heavy atom. The number of hydrogen-bond donors (Lipinski definition) is 1. The van der Waals surface area contributed by atoms with Gasteiger partial charge in [-0.25, -0.2) is 0 Å². The average molecular weight is 623 g/mol. The Morgan fingerprint density at radius 3 is 2.20 bits per heavy atom. The molecule has 0 bridgehead atoms. The lowest BCUT2D eigenvalue weighted by atomic mass is 9.98. The van der Waals surface area contributed by atoms with Crippen molar-refractivity contribution in [1.29, 1.82) is 0 Å². The first-order valence-electron chi connectivity index (χ1n) is 10.8. The number of hydrogen-bond acceptors (Lipinski definition) is 3. The van der Waals surface area contributed by atoms with Crippen molar-refractivity contribution in [2.75, 3.05) is 11.4 Å². The summed E-state index contributed by atoms with van der Waals surface area (Å²) in [5.41, 5.74) is 2.12. The standard InChI is InChI=1S/C26H21Cl2IN2O4/c1-15(16-2-6-18(27)7-3-16)31-24(17-4-8-19(28)9-5-17)26(35)30(13-12-23(32)33)22-11-10-20(29)14-21(22)25(31)34/h2-11,14-15,24H,12-13H2,1H3,(H,32,33)/t15-,24+/m1/s1. The smallest absolute Gasteiger partial charge is 0.305 e. The van der Waals surface area contributed by atoms with E-state index in [-0.39, 0.29) is 24.8 Å². The molecule has 0 radical (unpaired) electrons. The van der Waals surface area contributed by atoms with Gasteiger partial charge in [-0.3, -0.25) is 14.4 Å². The molecule has 2 amide bonds. The van der Waals surface area contributed by atoms with Gasteiger partial charge in [0.25, 0.3) is 11.8 Å². The minimum atomic E-state index is -1.03. The molecule has 0 spiro atoms. The highest BCUT2D eigenvalue weighted by molar-refractivity contribution is 14.1. The highest BCUT2D eigenvalue weighted by Crippen LogP contribution is 2.40. The Hall–Kier alpha value is -2.62. The topological polar surface area (TPSA) is 77.9 Å². The Balaban J connectivity index is 1.93. The quantitative estimate of drug-likeness (QED) is 0.324. The Labute approximate surface area is 226 Å². The fraction of sp³-hybridized carbons (Fsp3) is 0.192. The summed E-state index contributed by atoms with van der Waals surface area (Å²) < 4.78 is 0.823. The summed E-state index contributed by atoms with van der Waals surface area (Å²) in [7, 11) is 0. The van der Waals surface area contributed by atoms with E-state index in [9.17, 15) is 19.5 Å². The number of fused-ring (bicyclic) bond motifs is 1. The van der Waals surface area contributed by atoms with Gasteiger partial charge in [0, 0.05) is 20.2 Å². The maximum atomic E-state index is 14.1. The second-order valence-corrected chi connectivity index (χ2v) is 10.3. The maximum Gasteiger partial charge on any atom is 0.305 e. The van der Waals surface area contributed by atoms with E-state index >= 15 is 0 Å². The van der Waals surface area contributed by atoms with E-state index in [0.29, 0.717) is 26.9 Å². The number of aliphatic carboxylic acids is 1. The lowest BCUT2D eigenvalue weighted by Crippen LogP contribution is -2.44. The number of halogens is 3. The zero-order valence-corrected chi connectivity index (χ0v) is 22.3. The van der Waals surface area contributed by atoms with Crippen molar-refractivity contribution in [2.24, 2.45) is 0 Å². The van der Waals surface area contributed by atoms with Gasteiger partial charge in [-0.05, 0) is 83.1 Å². The van der Waals surface area contributed by atoms with E-state index in [0.717, 1.165) is 9.13 Å². The van der Waals surface area contributed by atoms with Crippen molar-refractivity contribution in [3.8, 4) is 0 Å². The zero-order valence-electron chi connectivity index (χ0n) is 18.6.